The second-order valence-electron chi connectivity index (χ2n) is 7.31. The summed E-state index contributed by atoms with van der Waals surface area (Å²) in [5, 5.41) is 6.48. The van der Waals surface area contributed by atoms with E-state index in [1.165, 1.54) is 5.56 Å². The van der Waals surface area contributed by atoms with Crippen molar-refractivity contribution in [3.8, 4) is 10.7 Å². The van der Waals surface area contributed by atoms with Gasteiger partial charge in [-0.2, -0.15) is 5.10 Å². The van der Waals surface area contributed by atoms with E-state index in [0.29, 0.717) is 12.4 Å². The van der Waals surface area contributed by atoms with E-state index in [1.54, 1.807) is 11.3 Å². The molecule has 1 N–H and O–H groups in total. The highest BCUT2D eigenvalue weighted by Gasteiger charge is 2.22. The molecule has 4 aromatic rings. The zero-order valence-electron chi connectivity index (χ0n) is 15.9. The fourth-order valence-corrected chi connectivity index (χ4v) is 4.42. The third-order valence-electron chi connectivity index (χ3n) is 5.18. The molecule has 29 heavy (non-hydrogen) atoms. The molecule has 1 aromatic carbocycles. The van der Waals surface area contributed by atoms with Crippen molar-refractivity contribution in [1.82, 2.24) is 24.6 Å². The lowest BCUT2D eigenvalue weighted by Crippen LogP contribution is -2.35. The highest BCUT2D eigenvalue weighted by atomic mass is 32.1. The Kier molecular flexibility index (Phi) is 4.83. The van der Waals surface area contributed by atoms with E-state index in [9.17, 15) is 4.79 Å². The minimum absolute atomic E-state index is 0.0251. The van der Waals surface area contributed by atoms with Crippen molar-refractivity contribution in [2.24, 2.45) is 0 Å². The van der Waals surface area contributed by atoms with Crippen LogP contribution in [0.15, 0.2) is 65.0 Å². The number of thiophene rings is 1. The molecule has 1 aliphatic rings. The molecule has 3 aromatic heterocycles. The first-order valence-corrected chi connectivity index (χ1v) is 10.6. The normalized spacial score (nSPS) is 14.1. The quantitative estimate of drug-likeness (QED) is 0.555. The Morgan fingerprint density at radius 2 is 1.97 bits per heavy atom. The van der Waals surface area contributed by atoms with Crippen LogP contribution >= 0.6 is 11.3 Å². The molecule has 0 fully saturated rings. The predicted octanol–water partition coefficient (Wildman–Crippen LogP) is 3.30. The van der Waals surface area contributed by atoms with E-state index in [2.05, 4.69) is 33.3 Å². The van der Waals surface area contributed by atoms with E-state index in [0.717, 1.165) is 47.8 Å². The first-order valence-electron chi connectivity index (χ1n) is 9.68. The van der Waals surface area contributed by atoms with E-state index < -0.39 is 0 Å². The lowest BCUT2D eigenvalue weighted by molar-refractivity contribution is 0.242. The Morgan fingerprint density at radius 3 is 2.79 bits per heavy atom. The summed E-state index contributed by atoms with van der Waals surface area (Å²) in [5.74, 6) is 0.680. The standard InChI is InChI=1S/C22H21N5OS/c28-22-18-15-26(9-8-19(18)24-21(25-22)20-7-4-10-29-20)12-17-11-23-27(14-17)13-16-5-2-1-3-6-16/h1-7,10-11,14H,8-9,12-13,15H2,(H,24,25,28). The van der Waals surface area contributed by atoms with E-state index in [-0.39, 0.29) is 5.56 Å². The summed E-state index contributed by atoms with van der Waals surface area (Å²) in [7, 11) is 0. The third kappa shape index (κ3) is 3.92. The molecule has 0 saturated carbocycles. The fraction of sp³-hybridized carbons (Fsp3) is 0.227. The maximum absolute atomic E-state index is 12.7. The molecule has 0 radical (unpaired) electrons. The first-order chi connectivity index (χ1) is 14.2. The smallest absolute Gasteiger partial charge is 0.255 e. The predicted molar refractivity (Wildman–Crippen MR) is 114 cm³/mol. The average Bonchev–Trinajstić information content (AvgIpc) is 3.42. The van der Waals surface area contributed by atoms with E-state index >= 15 is 0 Å². The maximum Gasteiger partial charge on any atom is 0.255 e. The van der Waals surface area contributed by atoms with Gasteiger partial charge in [0.25, 0.3) is 5.56 Å². The highest BCUT2D eigenvalue weighted by molar-refractivity contribution is 7.13. The van der Waals surface area contributed by atoms with Gasteiger partial charge in [0.2, 0.25) is 0 Å². The topological polar surface area (TPSA) is 66.8 Å². The number of aromatic amines is 1. The molecule has 6 nitrogen and oxygen atoms in total. The van der Waals surface area contributed by atoms with Gasteiger partial charge in [-0.1, -0.05) is 36.4 Å². The van der Waals surface area contributed by atoms with Crippen molar-refractivity contribution in [3.05, 3.63) is 93.0 Å². The molecule has 7 heteroatoms. The molecule has 0 unspecified atom stereocenters. The van der Waals surface area contributed by atoms with Gasteiger partial charge in [-0.05, 0) is 17.0 Å². The molecule has 0 atom stereocenters. The molecule has 5 rings (SSSR count). The van der Waals surface area contributed by atoms with Crippen LogP contribution in [0.2, 0.25) is 0 Å². The van der Waals surface area contributed by atoms with Crippen molar-refractivity contribution >= 4 is 11.3 Å². The Hall–Kier alpha value is -3.03. The first kappa shape index (κ1) is 18.0. The van der Waals surface area contributed by atoms with Gasteiger partial charge in [0.1, 0.15) is 0 Å². The summed E-state index contributed by atoms with van der Waals surface area (Å²) in [5.41, 5.74) is 4.07. The number of hydrogen-bond acceptors (Lipinski definition) is 5. The molecule has 4 heterocycles. The van der Waals surface area contributed by atoms with E-state index in [1.807, 2.05) is 46.6 Å². The lowest BCUT2D eigenvalue weighted by Gasteiger charge is -2.27. The Labute approximate surface area is 172 Å². The van der Waals surface area contributed by atoms with Gasteiger partial charge >= 0.3 is 0 Å². The summed E-state index contributed by atoms with van der Waals surface area (Å²) >= 11 is 1.59. The number of nitrogens with zero attached hydrogens (tertiary/aromatic N) is 4. The minimum atomic E-state index is -0.0251. The van der Waals surface area contributed by atoms with Crippen LogP contribution in [0.4, 0.5) is 0 Å². The van der Waals surface area contributed by atoms with Gasteiger partial charge in [-0.25, -0.2) is 4.98 Å². The van der Waals surface area contributed by atoms with Gasteiger partial charge < -0.3 is 4.98 Å². The summed E-state index contributed by atoms with van der Waals surface area (Å²) in [6, 6.07) is 14.3. The molecule has 146 valence electrons. The number of H-pyrrole nitrogens is 1. The number of fused-ring (bicyclic) bond motifs is 1. The van der Waals surface area contributed by atoms with Gasteiger partial charge in [-0.15, -0.1) is 11.3 Å². The molecule has 0 amide bonds. The number of benzene rings is 1. The molecule has 0 aliphatic carbocycles. The largest absolute Gasteiger partial charge is 0.306 e. The molecule has 0 spiro atoms. The molecular formula is C22H21N5OS. The third-order valence-corrected chi connectivity index (χ3v) is 6.06. The SMILES string of the molecule is O=c1[nH]c(-c2cccs2)nc2c1CN(Cc1cnn(Cc3ccccc3)c1)CC2. The molecular weight excluding hydrogens is 382 g/mol. The minimum Gasteiger partial charge on any atom is -0.306 e. The average molecular weight is 404 g/mol. The Bertz CT molecular complexity index is 1160. The second kappa shape index (κ2) is 7.77. The van der Waals surface area contributed by atoms with Crippen LogP contribution in [0.1, 0.15) is 22.4 Å². The zero-order chi connectivity index (χ0) is 19.6. The second-order valence-corrected chi connectivity index (χ2v) is 8.26. The Morgan fingerprint density at radius 1 is 1.07 bits per heavy atom. The van der Waals surface area contributed by atoms with Crippen LogP contribution in [0.5, 0.6) is 0 Å². The molecule has 0 saturated heterocycles. The number of hydrogen-bond donors (Lipinski definition) is 1. The van der Waals surface area contributed by atoms with Gasteiger partial charge in [-0.3, -0.25) is 14.4 Å². The summed E-state index contributed by atoms with van der Waals surface area (Å²) < 4.78 is 1.96. The monoisotopic (exact) mass is 403 g/mol. The van der Waals surface area contributed by atoms with E-state index in [4.69, 9.17) is 4.98 Å². The van der Waals surface area contributed by atoms with Crippen molar-refractivity contribution in [1.29, 1.82) is 0 Å². The van der Waals surface area contributed by atoms with Crippen LogP contribution in [-0.4, -0.2) is 31.2 Å². The van der Waals surface area contributed by atoms with Crippen molar-refractivity contribution in [2.45, 2.75) is 26.1 Å². The summed E-state index contributed by atoms with van der Waals surface area (Å²) in [6.45, 7) is 3.04. The molecule has 1 aliphatic heterocycles. The van der Waals surface area contributed by atoms with Crippen molar-refractivity contribution in [3.63, 3.8) is 0 Å². The maximum atomic E-state index is 12.7. The lowest BCUT2D eigenvalue weighted by atomic mass is 10.1. The van der Waals surface area contributed by atoms with Crippen LogP contribution in [0.3, 0.4) is 0 Å². The van der Waals surface area contributed by atoms with Crippen LogP contribution in [0.25, 0.3) is 10.7 Å². The molecule has 0 bridgehead atoms. The summed E-state index contributed by atoms with van der Waals surface area (Å²) in [4.78, 5) is 23.6. The zero-order valence-corrected chi connectivity index (χ0v) is 16.7. The van der Waals surface area contributed by atoms with Crippen LogP contribution in [-0.2, 0) is 26.1 Å². The van der Waals surface area contributed by atoms with Gasteiger partial charge in [0, 0.05) is 37.8 Å². The van der Waals surface area contributed by atoms with Crippen molar-refractivity contribution < 1.29 is 0 Å². The van der Waals surface area contributed by atoms with Crippen molar-refractivity contribution in [2.75, 3.05) is 6.54 Å². The van der Waals surface area contributed by atoms with Gasteiger partial charge in [0.05, 0.1) is 28.9 Å². The number of rotatable bonds is 5. The van der Waals surface area contributed by atoms with Gasteiger partial charge in [0.15, 0.2) is 5.82 Å². The number of aromatic nitrogens is 4. The number of nitrogens with one attached hydrogen (secondary N) is 1. The van der Waals surface area contributed by atoms with Crippen LogP contribution < -0.4 is 5.56 Å². The fourth-order valence-electron chi connectivity index (χ4n) is 3.75. The summed E-state index contributed by atoms with van der Waals surface area (Å²) in [6.07, 6.45) is 4.79. The highest BCUT2D eigenvalue weighted by Crippen LogP contribution is 2.23. The van der Waals surface area contributed by atoms with Crippen LogP contribution in [0, 0.1) is 0 Å². The Balaban J connectivity index is 1.29.